The fourth-order valence-electron chi connectivity index (χ4n) is 2.31. The predicted octanol–water partition coefficient (Wildman–Crippen LogP) is 4.32. The Morgan fingerprint density at radius 2 is 1.56 bits per heavy atom. The fourth-order valence-corrected chi connectivity index (χ4v) is 2.56. The molecule has 0 radical (unpaired) electrons. The van der Waals surface area contributed by atoms with Crippen molar-refractivity contribution in [3.63, 3.8) is 0 Å². The molecule has 3 rings (SSSR count). The molecule has 0 spiro atoms. The van der Waals surface area contributed by atoms with E-state index in [1.807, 2.05) is 0 Å². The summed E-state index contributed by atoms with van der Waals surface area (Å²) in [5.41, 5.74) is 1.28. The smallest absolute Gasteiger partial charge is 0.246 e. The molecule has 1 aromatic heterocycles. The van der Waals surface area contributed by atoms with Gasteiger partial charge in [0.05, 0.1) is 6.54 Å². The minimum absolute atomic E-state index is 0.0691. The molecule has 0 fully saturated rings. The number of aromatic nitrogens is 2. The van der Waals surface area contributed by atoms with Crippen molar-refractivity contribution in [1.82, 2.24) is 15.5 Å². The molecule has 0 aliphatic carbocycles. The third-order valence-corrected chi connectivity index (χ3v) is 4.26. The van der Waals surface area contributed by atoms with Crippen LogP contribution in [0.15, 0.2) is 53.1 Å². The van der Waals surface area contributed by atoms with Crippen LogP contribution in [-0.4, -0.2) is 21.8 Å². The molecule has 0 bridgehead atoms. The van der Waals surface area contributed by atoms with Gasteiger partial charge in [0.1, 0.15) is 0 Å². The van der Waals surface area contributed by atoms with Crippen LogP contribution in [-0.2, 0) is 11.3 Å². The van der Waals surface area contributed by atoms with Gasteiger partial charge in [0.15, 0.2) is 5.78 Å². The number of hydrogen-bond acceptors (Lipinski definition) is 5. The first kappa shape index (κ1) is 19.1. The highest BCUT2D eigenvalue weighted by Crippen LogP contribution is 2.18. The summed E-state index contributed by atoms with van der Waals surface area (Å²) in [4.78, 5) is 28.2. The molecule has 0 atom stereocenters. The molecule has 0 unspecified atom stereocenters. The van der Waals surface area contributed by atoms with Gasteiger partial charge in [0.2, 0.25) is 17.6 Å². The number of rotatable bonds is 7. The lowest BCUT2D eigenvalue weighted by molar-refractivity contribution is -0.121. The first-order valence-corrected chi connectivity index (χ1v) is 8.91. The van der Waals surface area contributed by atoms with E-state index in [9.17, 15) is 9.59 Å². The van der Waals surface area contributed by atoms with Gasteiger partial charge in [-0.25, -0.2) is 0 Å². The Hall–Kier alpha value is -2.70. The van der Waals surface area contributed by atoms with Crippen LogP contribution in [0.1, 0.15) is 29.1 Å². The Morgan fingerprint density at radius 1 is 0.926 bits per heavy atom. The molecule has 1 N–H and O–H groups in total. The van der Waals surface area contributed by atoms with Crippen molar-refractivity contribution in [1.29, 1.82) is 0 Å². The van der Waals surface area contributed by atoms with Crippen molar-refractivity contribution in [2.45, 2.75) is 19.4 Å². The zero-order chi connectivity index (χ0) is 19.2. The van der Waals surface area contributed by atoms with Crippen LogP contribution in [0.25, 0.3) is 11.4 Å². The quantitative estimate of drug-likeness (QED) is 0.593. The monoisotopic (exact) mass is 403 g/mol. The van der Waals surface area contributed by atoms with E-state index in [-0.39, 0.29) is 37.0 Å². The number of Topliss-reactive ketones (excluding diaryl/α,β-unsaturated/α-hetero) is 1. The van der Waals surface area contributed by atoms with E-state index in [4.69, 9.17) is 27.7 Å². The molecule has 1 heterocycles. The van der Waals surface area contributed by atoms with Crippen LogP contribution in [0.5, 0.6) is 0 Å². The van der Waals surface area contributed by atoms with E-state index in [1.54, 1.807) is 48.5 Å². The summed E-state index contributed by atoms with van der Waals surface area (Å²) >= 11 is 11.6. The second kappa shape index (κ2) is 8.79. The Labute approximate surface area is 165 Å². The Morgan fingerprint density at radius 3 is 2.22 bits per heavy atom. The fraction of sp³-hybridized carbons (Fsp3) is 0.158. The van der Waals surface area contributed by atoms with Gasteiger partial charge >= 0.3 is 0 Å². The number of nitrogens with one attached hydrogen (secondary N) is 1. The summed E-state index contributed by atoms with van der Waals surface area (Å²) in [6.45, 7) is 0.0918. The normalized spacial score (nSPS) is 10.6. The summed E-state index contributed by atoms with van der Waals surface area (Å²) in [6.07, 6.45) is 0.174. The number of nitrogens with zero attached hydrogens (tertiary/aromatic N) is 2. The summed E-state index contributed by atoms with van der Waals surface area (Å²) in [5.74, 6) is 0.291. The van der Waals surface area contributed by atoms with Gasteiger partial charge in [-0.15, -0.1) is 0 Å². The lowest BCUT2D eigenvalue weighted by atomic mass is 10.1. The maximum absolute atomic E-state index is 12.0. The average Bonchev–Trinajstić information content (AvgIpc) is 3.14. The van der Waals surface area contributed by atoms with Crippen molar-refractivity contribution >= 4 is 34.9 Å². The van der Waals surface area contributed by atoms with Crippen LogP contribution >= 0.6 is 23.2 Å². The predicted molar refractivity (Wildman–Crippen MR) is 102 cm³/mol. The molecule has 0 saturated carbocycles. The van der Waals surface area contributed by atoms with Gasteiger partial charge in [-0.05, 0) is 48.5 Å². The Bertz CT molecular complexity index is 938. The van der Waals surface area contributed by atoms with Crippen molar-refractivity contribution in [2.24, 2.45) is 0 Å². The van der Waals surface area contributed by atoms with Crippen LogP contribution in [0.3, 0.4) is 0 Å². The van der Waals surface area contributed by atoms with Crippen LogP contribution in [0.4, 0.5) is 0 Å². The van der Waals surface area contributed by atoms with Crippen molar-refractivity contribution in [3.8, 4) is 11.4 Å². The molecule has 0 saturated heterocycles. The second-order valence-corrected chi connectivity index (χ2v) is 6.60. The summed E-state index contributed by atoms with van der Waals surface area (Å²) in [5, 5.41) is 7.70. The molecule has 27 heavy (non-hydrogen) atoms. The zero-order valence-corrected chi connectivity index (χ0v) is 15.6. The van der Waals surface area contributed by atoms with Crippen molar-refractivity contribution in [2.75, 3.05) is 0 Å². The molecular weight excluding hydrogens is 389 g/mol. The third-order valence-electron chi connectivity index (χ3n) is 3.75. The number of amides is 1. The lowest BCUT2D eigenvalue weighted by Gasteiger charge is -2.03. The molecule has 138 valence electrons. The molecule has 3 aromatic rings. The Kier molecular flexibility index (Phi) is 6.21. The third kappa shape index (κ3) is 5.39. The lowest BCUT2D eigenvalue weighted by Crippen LogP contribution is -2.23. The second-order valence-electron chi connectivity index (χ2n) is 5.73. The maximum Gasteiger partial charge on any atom is 0.246 e. The van der Waals surface area contributed by atoms with E-state index in [0.29, 0.717) is 21.4 Å². The van der Waals surface area contributed by atoms with Gasteiger partial charge in [-0.3, -0.25) is 9.59 Å². The molecule has 0 aliphatic heterocycles. The number of halogens is 2. The first-order valence-electron chi connectivity index (χ1n) is 8.15. The topological polar surface area (TPSA) is 85.1 Å². The van der Waals surface area contributed by atoms with E-state index in [2.05, 4.69) is 15.5 Å². The highest BCUT2D eigenvalue weighted by molar-refractivity contribution is 6.30. The molecule has 2 aromatic carbocycles. The van der Waals surface area contributed by atoms with Crippen molar-refractivity contribution in [3.05, 3.63) is 70.0 Å². The van der Waals surface area contributed by atoms with Gasteiger partial charge < -0.3 is 9.84 Å². The highest BCUT2D eigenvalue weighted by atomic mass is 35.5. The van der Waals surface area contributed by atoms with Crippen LogP contribution in [0.2, 0.25) is 10.0 Å². The minimum Gasteiger partial charge on any atom is -0.347 e. The largest absolute Gasteiger partial charge is 0.347 e. The van der Waals surface area contributed by atoms with Gasteiger partial charge in [0, 0.05) is 34.0 Å². The van der Waals surface area contributed by atoms with E-state index < -0.39 is 0 Å². The van der Waals surface area contributed by atoms with Crippen LogP contribution in [0, 0.1) is 0 Å². The van der Waals surface area contributed by atoms with Gasteiger partial charge in [-0.2, -0.15) is 4.98 Å². The maximum atomic E-state index is 12.0. The summed E-state index contributed by atoms with van der Waals surface area (Å²) in [7, 11) is 0. The molecule has 1 amide bonds. The summed E-state index contributed by atoms with van der Waals surface area (Å²) in [6, 6.07) is 13.6. The van der Waals surface area contributed by atoms with E-state index in [0.717, 1.165) is 5.56 Å². The molecule has 0 aliphatic rings. The summed E-state index contributed by atoms with van der Waals surface area (Å²) < 4.78 is 5.12. The number of hydrogen-bond donors (Lipinski definition) is 1. The number of carbonyl (C=O) groups excluding carboxylic acids is 2. The average molecular weight is 404 g/mol. The number of carbonyl (C=O) groups is 2. The zero-order valence-electron chi connectivity index (χ0n) is 14.1. The first-order chi connectivity index (χ1) is 13.0. The standard InChI is InChI=1S/C19H15Cl2N3O3/c20-14-5-1-12(2-6-14)16(25)9-10-17(26)22-11-18-23-19(24-27-18)13-3-7-15(21)8-4-13/h1-8H,9-11H2,(H,22,26). The minimum atomic E-state index is -0.274. The molecule has 6 nitrogen and oxygen atoms in total. The van der Waals surface area contributed by atoms with Gasteiger partial charge in [-0.1, -0.05) is 28.4 Å². The van der Waals surface area contributed by atoms with Crippen LogP contribution < -0.4 is 5.32 Å². The molecular formula is C19H15Cl2N3O3. The van der Waals surface area contributed by atoms with E-state index in [1.165, 1.54) is 0 Å². The van der Waals surface area contributed by atoms with Gasteiger partial charge in [0.25, 0.3) is 0 Å². The SMILES string of the molecule is O=C(CCC(=O)c1ccc(Cl)cc1)NCc1nc(-c2ccc(Cl)cc2)no1. The molecule has 8 heteroatoms. The Balaban J connectivity index is 1.47. The number of benzene rings is 2. The van der Waals surface area contributed by atoms with Crippen molar-refractivity contribution < 1.29 is 14.1 Å². The van der Waals surface area contributed by atoms with E-state index >= 15 is 0 Å². The highest BCUT2D eigenvalue weighted by Gasteiger charge is 2.12. The number of ketones is 1.